The Morgan fingerprint density at radius 3 is 2.08 bits per heavy atom. The number of anilines is 2. The minimum absolute atomic E-state index is 0.162. The molecule has 0 aromatic heterocycles. The first-order chi connectivity index (χ1) is 18.1. The minimum atomic E-state index is -4.69. The Morgan fingerprint density at radius 2 is 1.45 bits per heavy atom. The fourth-order valence-corrected chi connectivity index (χ4v) is 5.01. The van der Waals surface area contributed by atoms with Crippen molar-refractivity contribution in [3.8, 4) is 5.75 Å². The van der Waals surface area contributed by atoms with E-state index in [1.54, 1.807) is 30.3 Å². The number of amides is 1. The van der Waals surface area contributed by atoms with Crippen molar-refractivity contribution in [2.45, 2.75) is 17.7 Å². The number of benzene rings is 4. The van der Waals surface area contributed by atoms with Crippen molar-refractivity contribution in [2.24, 2.45) is 0 Å². The van der Waals surface area contributed by atoms with Crippen molar-refractivity contribution in [1.29, 1.82) is 0 Å². The maximum Gasteiger partial charge on any atom is 0.416 e. The van der Waals surface area contributed by atoms with Crippen LogP contribution in [0.3, 0.4) is 0 Å². The van der Waals surface area contributed by atoms with Crippen LogP contribution in [0.4, 0.5) is 24.5 Å². The van der Waals surface area contributed by atoms with Gasteiger partial charge in [0, 0.05) is 5.69 Å². The van der Waals surface area contributed by atoms with Gasteiger partial charge in [0.1, 0.15) is 18.9 Å². The lowest BCUT2D eigenvalue weighted by atomic mass is 10.2. The molecule has 38 heavy (non-hydrogen) atoms. The maximum absolute atomic E-state index is 13.4. The molecule has 0 spiro atoms. The fourth-order valence-electron chi connectivity index (χ4n) is 3.58. The fraction of sp³-hybridized carbons (Fsp3) is 0.107. The number of carbonyl (C=O) groups excluding carboxylic acids is 1. The van der Waals surface area contributed by atoms with Gasteiger partial charge in [0.25, 0.3) is 10.0 Å². The summed E-state index contributed by atoms with van der Waals surface area (Å²) in [5.41, 5.74) is 0.0283. The molecule has 6 nitrogen and oxygen atoms in total. The number of hydrogen-bond donors (Lipinski definition) is 1. The average molecular weight is 541 g/mol. The lowest BCUT2D eigenvalue weighted by Gasteiger charge is -2.25. The van der Waals surface area contributed by atoms with Gasteiger partial charge < -0.3 is 10.1 Å². The van der Waals surface area contributed by atoms with Gasteiger partial charge in [-0.15, -0.1) is 0 Å². The third-order valence-corrected chi connectivity index (χ3v) is 7.25. The van der Waals surface area contributed by atoms with Gasteiger partial charge in [0.15, 0.2) is 0 Å². The van der Waals surface area contributed by atoms with E-state index in [4.69, 9.17) is 4.74 Å². The number of carbonyl (C=O) groups is 1. The quantitative estimate of drug-likeness (QED) is 0.278. The summed E-state index contributed by atoms with van der Waals surface area (Å²) in [6.07, 6.45) is -4.69. The predicted molar refractivity (Wildman–Crippen MR) is 138 cm³/mol. The second kappa shape index (κ2) is 11.4. The molecule has 0 saturated carbocycles. The zero-order chi connectivity index (χ0) is 27.2. The van der Waals surface area contributed by atoms with E-state index < -0.39 is 34.2 Å². The van der Waals surface area contributed by atoms with E-state index in [0.717, 1.165) is 17.7 Å². The molecule has 1 N–H and O–H groups in total. The van der Waals surface area contributed by atoms with E-state index >= 15 is 0 Å². The molecule has 0 heterocycles. The van der Waals surface area contributed by atoms with E-state index in [2.05, 4.69) is 5.32 Å². The van der Waals surface area contributed by atoms with Crippen LogP contribution in [0.5, 0.6) is 5.75 Å². The van der Waals surface area contributed by atoms with Crippen LogP contribution in [0.2, 0.25) is 0 Å². The SMILES string of the molecule is O=C(CN(c1cccc(C(F)(F)F)c1)S(=O)(=O)c1ccccc1)Nc1ccc(OCc2ccccc2)cc1. The molecule has 4 aromatic rings. The maximum atomic E-state index is 13.4. The van der Waals surface area contributed by atoms with Crippen molar-refractivity contribution in [3.05, 3.63) is 120 Å². The topological polar surface area (TPSA) is 75.7 Å². The van der Waals surface area contributed by atoms with Crippen molar-refractivity contribution in [1.82, 2.24) is 0 Å². The monoisotopic (exact) mass is 540 g/mol. The van der Waals surface area contributed by atoms with Gasteiger partial charge in [0.05, 0.1) is 16.1 Å². The van der Waals surface area contributed by atoms with Gasteiger partial charge >= 0.3 is 6.18 Å². The van der Waals surface area contributed by atoms with Crippen molar-refractivity contribution < 1.29 is 31.1 Å². The van der Waals surface area contributed by atoms with Gasteiger partial charge in [-0.25, -0.2) is 8.42 Å². The second-order valence-electron chi connectivity index (χ2n) is 8.22. The average Bonchev–Trinajstić information content (AvgIpc) is 2.92. The Bertz CT molecular complexity index is 1480. The highest BCUT2D eigenvalue weighted by Crippen LogP contribution is 2.33. The molecule has 0 fully saturated rings. The molecule has 0 aliphatic carbocycles. The highest BCUT2D eigenvalue weighted by atomic mass is 32.2. The second-order valence-corrected chi connectivity index (χ2v) is 10.1. The Kier molecular flexibility index (Phi) is 8.02. The first-order valence-electron chi connectivity index (χ1n) is 11.4. The molecule has 0 atom stereocenters. The number of nitrogens with one attached hydrogen (secondary N) is 1. The molecule has 196 valence electrons. The molecule has 0 aliphatic heterocycles. The van der Waals surface area contributed by atoms with E-state index in [9.17, 15) is 26.4 Å². The predicted octanol–water partition coefficient (Wildman–Crippen LogP) is 6.12. The summed E-state index contributed by atoms with van der Waals surface area (Å²) in [6, 6.07) is 27.0. The smallest absolute Gasteiger partial charge is 0.416 e. The molecule has 0 unspecified atom stereocenters. The summed E-state index contributed by atoms with van der Waals surface area (Å²) >= 11 is 0. The zero-order valence-electron chi connectivity index (χ0n) is 19.9. The standard InChI is InChI=1S/C28H23F3N2O4S/c29-28(30,31)22-10-7-11-24(18-22)33(38(35,36)26-12-5-2-6-13-26)19-27(34)32-23-14-16-25(17-15-23)37-20-21-8-3-1-4-9-21/h1-18H,19-20H2,(H,32,34). The van der Waals surface area contributed by atoms with Gasteiger partial charge in [-0.3, -0.25) is 9.10 Å². The number of halogens is 3. The summed E-state index contributed by atoms with van der Waals surface area (Å²) in [5.74, 6) is -0.177. The van der Waals surface area contributed by atoms with E-state index in [0.29, 0.717) is 28.4 Å². The molecule has 4 rings (SSSR count). The van der Waals surface area contributed by atoms with Gasteiger partial charge in [-0.1, -0.05) is 54.6 Å². The van der Waals surface area contributed by atoms with Crippen LogP contribution in [0.25, 0.3) is 0 Å². The van der Waals surface area contributed by atoms with E-state index in [-0.39, 0.29) is 10.6 Å². The molecule has 1 amide bonds. The molecule has 4 aromatic carbocycles. The Morgan fingerprint density at radius 1 is 0.816 bits per heavy atom. The lowest BCUT2D eigenvalue weighted by molar-refractivity contribution is -0.137. The van der Waals surface area contributed by atoms with Crippen molar-refractivity contribution >= 4 is 27.3 Å². The van der Waals surface area contributed by atoms with Crippen LogP contribution in [0.15, 0.2) is 114 Å². The Balaban J connectivity index is 1.52. The van der Waals surface area contributed by atoms with Crippen molar-refractivity contribution in [3.63, 3.8) is 0 Å². The number of alkyl halides is 3. The highest BCUT2D eigenvalue weighted by Gasteiger charge is 2.33. The number of sulfonamides is 1. The Labute approximate surface area is 218 Å². The van der Waals surface area contributed by atoms with Crippen LogP contribution in [-0.4, -0.2) is 20.9 Å². The largest absolute Gasteiger partial charge is 0.489 e. The van der Waals surface area contributed by atoms with Crippen LogP contribution < -0.4 is 14.4 Å². The lowest BCUT2D eigenvalue weighted by Crippen LogP contribution is -2.38. The minimum Gasteiger partial charge on any atom is -0.489 e. The molecule has 0 saturated heterocycles. The summed E-state index contributed by atoms with van der Waals surface area (Å²) in [4.78, 5) is 12.7. The molecule has 0 radical (unpaired) electrons. The number of hydrogen-bond acceptors (Lipinski definition) is 4. The first-order valence-corrected chi connectivity index (χ1v) is 12.9. The van der Waals surface area contributed by atoms with Gasteiger partial charge in [0.2, 0.25) is 5.91 Å². The van der Waals surface area contributed by atoms with Gasteiger partial charge in [-0.05, 0) is 60.2 Å². The third-order valence-electron chi connectivity index (χ3n) is 5.47. The Hall–Kier alpha value is -4.31. The molecular formula is C28H23F3N2O4S. The summed E-state index contributed by atoms with van der Waals surface area (Å²) in [7, 11) is -4.36. The van der Waals surface area contributed by atoms with Crippen LogP contribution in [0.1, 0.15) is 11.1 Å². The molecular weight excluding hydrogens is 517 g/mol. The van der Waals surface area contributed by atoms with Crippen LogP contribution in [0, 0.1) is 0 Å². The summed E-state index contributed by atoms with van der Waals surface area (Å²) < 4.78 is 73.1. The molecule has 10 heteroatoms. The normalized spacial score (nSPS) is 11.6. The van der Waals surface area contributed by atoms with Crippen molar-refractivity contribution in [2.75, 3.05) is 16.2 Å². The number of rotatable bonds is 9. The van der Waals surface area contributed by atoms with Crippen LogP contribution in [-0.2, 0) is 27.6 Å². The first kappa shape index (κ1) is 26.7. The summed E-state index contributed by atoms with van der Waals surface area (Å²) in [6.45, 7) is -0.388. The van der Waals surface area contributed by atoms with Gasteiger partial charge in [-0.2, -0.15) is 13.2 Å². The zero-order valence-corrected chi connectivity index (χ0v) is 20.7. The highest BCUT2D eigenvalue weighted by molar-refractivity contribution is 7.92. The molecule has 0 aliphatic rings. The number of nitrogens with zero attached hydrogens (tertiary/aromatic N) is 1. The third kappa shape index (κ3) is 6.71. The summed E-state index contributed by atoms with van der Waals surface area (Å²) in [5, 5.41) is 2.59. The van der Waals surface area contributed by atoms with E-state index in [1.165, 1.54) is 30.3 Å². The number of ether oxygens (including phenoxy) is 1. The molecule has 0 bridgehead atoms. The van der Waals surface area contributed by atoms with Crippen LogP contribution >= 0.6 is 0 Å². The van der Waals surface area contributed by atoms with E-state index in [1.807, 2.05) is 30.3 Å².